The van der Waals surface area contributed by atoms with Gasteiger partial charge in [0.1, 0.15) is 0 Å². The van der Waals surface area contributed by atoms with Gasteiger partial charge in [-0.2, -0.15) is 0 Å². The summed E-state index contributed by atoms with van der Waals surface area (Å²) in [5.41, 5.74) is 1.19. The van der Waals surface area contributed by atoms with E-state index in [-0.39, 0.29) is 5.92 Å². The average molecular weight is 136 g/mol. The zero-order valence-corrected chi connectivity index (χ0v) is 7.15. The molecule has 0 saturated carbocycles. The van der Waals surface area contributed by atoms with Crippen molar-refractivity contribution in [2.24, 2.45) is 11.8 Å². The summed E-state index contributed by atoms with van der Waals surface area (Å²) in [5, 5.41) is 0. The molecule has 0 rings (SSSR count). The normalized spacial score (nSPS) is 15.4. The Labute approximate surface area is 64.3 Å². The van der Waals surface area contributed by atoms with Crippen molar-refractivity contribution >= 4 is 0 Å². The highest BCUT2D eigenvalue weighted by atomic mass is 14.1. The van der Waals surface area contributed by atoms with Crippen molar-refractivity contribution in [2.45, 2.75) is 27.2 Å². The van der Waals surface area contributed by atoms with Gasteiger partial charge in [0.2, 0.25) is 0 Å². The van der Waals surface area contributed by atoms with E-state index in [0.717, 1.165) is 6.42 Å². The van der Waals surface area contributed by atoms with Crippen LogP contribution in [0.25, 0.3) is 0 Å². The van der Waals surface area contributed by atoms with Gasteiger partial charge in [0.25, 0.3) is 0 Å². The van der Waals surface area contributed by atoms with E-state index in [1.54, 1.807) is 0 Å². The highest BCUT2D eigenvalue weighted by Gasteiger charge is 2.08. The Hall–Kier alpha value is -0.700. The van der Waals surface area contributed by atoms with E-state index >= 15 is 0 Å². The lowest BCUT2D eigenvalue weighted by Gasteiger charge is -2.14. The van der Waals surface area contributed by atoms with E-state index in [0.29, 0.717) is 5.92 Å². The molecule has 0 heterocycles. The number of terminal acetylenes is 1. The molecule has 0 saturated heterocycles. The van der Waals surface area contributed by atoms with Crippen LogP contribution in [-0.4, -0.2) is 0 Å². The molecule has 0 amide bonds. The van der Waals surface area contributed by atoms with Gasteiger partial charge in [-0.3, -0.25) is 0 Å². The van der Waals surface area contributed by atoms with Crippen LogP contribution in [-0.2, 0) is 0 Å². The van der Waals surface area contributed by atoms with Gasteiger partial charge in [-0.25, -0.2) is 0 Å². The number of rotatable bonds is 3. The molecule has 0 fully saturated rings. The van der Waals surface area contributed by atoms with E-state index in [4.69, 9.17) is 6.42 Å². The number of hydrogen-bond acceptors (Lipinski definition) is 0. The first kappa shape index (κ1) is 9.30. The molecule has 0 bridgehead atoms. The van der Waals surface area contributed by atoms with E-state index in [1.165, 1.54) is 5.57 Å². The van der Waals surface area contributed by atoms with Crippen molar-refractivity contribution in [1.82, 2.24) is 0 Å². The zero-order chi connectivity index (χ0) is 8.15. The number of allylic oxidation sites excluding steroid dienone is 1. The lowest BCUT2D eigenvalue weighted by Crippen LogP contribution is -2.03. The monoisotopic (exact) mass is 136 g/mol. The zero-order valence-electron chi connectivity index (χ0n) is 7.15. The molecule has 0 aliphatic carbocycles. The van der Waals surface area contributed by atoms with Crippen LogP contribution in [0.3, 0.4) is 0 Å². The molecule has 2 atom stereocenters. The largest absolute Gasteiger partial charge is 0.119 e. The van der Waals surface area contributed by atoms with Gasteiger partial charge in [-0.05, 0) is 19.3 Å². The Kier molecular flexibility index (Phi) is 3.88. The first-order valence-corrected chi connectivity index (χ1v) is 3.78. The van der Waals surface area contributed by atoms with E-state index in [1.807, 2.05) is 6.92 Å². The first-order valence-electron chi connectivity index (χ1n) is 3.78. The molecule has 0 spiro atoms. The van der Waals surface area contributed by atoms with Gasteiger partial charge >= 0.3 is 0 Å². The fourth-order valence-electron chi connectivity index (χ4n) is 0.796. The number of hydrogen-bond donors (Lipinski definition) is 0. The SMILES string of the molecule is C#CC(C)C(=C)C(C)CC. The Morgan fingerprint density at radius 2 is 2.10 bits per heavy atom. The maximum absolute atomic E-state index is 5.25. The topological polar surface area (TPSA) is 0 Å². The molecule has 0 nitrogen and oxygen atoms in total. The molecule has 2 unspecified atom stereocenters. The van der Waals surface area contributed by atoms with Crippen LogP contribution in [0.5, 0.6) is 0 Å². The van der Waals surface area contributed by atoms with Crippen LogP contribution in [0.1, 0.15) is 27.2 Å². The highest BCUT2D eigenvalue weighted by Crippen LogP contribution is 2.19. The quantitative estimate of drug-likeness (QED) is 0.413. The fraction of sp³-hybridized carbons (Fsp3) is 0.600. The lowest BCUT2D eigenvalue weighted by atomic mass is 9.90. The summed E-state index contributed by atoms with van der Waals surface area (Å²) in [7, 11) is 0. The molecule has 0 aliphatic rings. The summed E-state index contributed by atoms with van der Waals surface area (Å²) in [5.74, 6) is 3.47. The highest BCUT2D eigenvalue weighted by molar-refractivity contribution is 5.14. The van der Waals surface area contributed by atoms with Crippen LogP contribution >= 0.6 is 0 Å². The Balaban J connectivity index is 3.98. The van der Waals surface area contributed by atoms with Gasteiger partial charge in [-0.15, -0.1) is 6.42 Å². The van der Waals surface area contributed by atoms with Gasteiger partial charge in [0.05, 0.1) is 0 Å². The van der Waals surface area contributed by atoms with Gasteiger partial charge in [-0.1, -0.05) is 31.9 Å². The molecular weight excluding hydrogens is 120 g/mol. The third kappa shape index (κ3) is 2.27. The third-order valence-corrected chi connectivity index (χ3v) is 2.05. The molecule has 56 valence electrons. The standard InChI is InChI=1S/C10H16/c1-6-8(3)10(5)9(4)7-2/h1,8-9H,5,7H2,2-4H3. The van der Waals surface area contributed by atoms with Crippen molar-refractivity contribution in [2.75, 3.05) is 0 Å². The molecule has 0 aromatic heterocycles. The summed E-state index contributed by atoms with van der Waals surface area (Å²) in [6.45, 7) is 10.3. The summed E-state index contributed by atoms with van der Waals surface area (Å²) < 4.78 is 0. The second-order valence-electron chi connectivity index (χ2n) is 2.77. The molecule has 0 heteroatoms. The van der Waals surface area contributed by atoms with Crippen LogP contribution < -0.4 is 0 Å². The average Bonchev–Trinajstić information content (AvgIpc) is 2.00. The summed E-state index contributed by atoms with van der Waals surface area (Å²) in [6, 6.07) is 0. The van der Waals surface area contributed by atoms with Gasteiger partial charge in [0.15, 0.2) is 0 Å². The third-order valence-electron chi connectivity index (χ3n) is 2.05. The molecule has 0 aliphatic heterocycles. The van der Waals surface area contributed by atoms with Crippen LogP contribution in [0.4, 0.5) is 0 Å². The molecule has 10 heavy (non-hydrogen) atoms. The summed E-state index contributed by atoms with van der Waals surface area (Å²) >= 11 is 0. The maximum atomic E-state index is 5.25. The van der Waals surface area contributed by atoms with Crippen LogP contribution in [0, 0.1) is 24.2 Å². The molecule has 0 N–H and O–H groups in total. The smallest absolute Gasteiger partial charge is 0.0381 e. The minimum atomic E-state index is 0.231. The lowest BCUT2D eigenvalue weighted by molar-refractivity contribution is 0.603. The predicted molar refractivity (Wildman–Crippen MR) is 46.6 cm³/mol. The maximum Gasteiger partial charge on any atom is 0.0381 e. The van der Waals surface area contributed by atoms with E-state index < -0.39 is 0 Å². The van der Waals surface area contributed by atoms with Gasteiger partial charge < -0.3 is 0 Å². The molecule has 0 aromatic rings. The predicted octanol–water partition coefficient (Wildman–Crippen LogP) is 2.86. The minimum absolute atomic E-state index is 0.231. The van der Waals surface area contributed by atoms with E-state index in [2.05, 4.69) is 26.3 Å². The van der Waals surface area contributed by atoms with Crippen molar-refractivity contribution in [1.29, 1.82) is 0 Å². The summed E-state index contributed by atoms with van der Waals surface area (Å²) in [6.07, 6.45) is 6.38. The van der Waals surface area contributed by atoms with Crippen molar-refractivity contribution in [3.63, 3.8) is 0 Å². The summed E-state index contributed by atoms with van der Waals surface area (Å²) in [4.78, 5) is 0. The van der Waals surface area contributed by atoms with Crippen molar-refractivity contribution in [3.8, 4) is 12.3 Å². The second kappa shape index (κ2) is 4.17. The van der Waals surface area contributed by atoms with Crippen molar-refractivity contribution in [3.05, 3.63) is 12.2 Å². The fourth-order valence-corrected chi connectivity index (χ4v) is 0.796. The van der Waals surface area contributed by atoms with Crippen molar-refractivity contribution < 1.29 is 0 Å². The molecular formula is C10H16. The Bertz CT molecular complexity index is 148. The Morgan fingerprint density at radius 3 is 2.40 bits per heavy atom. The van der Waals surface area contributed by atoms with E-state index in [9.17, 15) is 0 Å². The Morgan fingerprint density at radius 1 is 1.60 bits per heavy atom. The molecule has 0 radical (unpaired) electrons. The van der Waals surface area contributed by atoms with Crippen LogP contribution in [0.2, 0.25) is 0 Å². The van der Waals surface area contributed by atoms with Gasteiger partial charge in [0, 0.05) is 5.92 Å². The van der Waals surface area contributed by atoms with Crippen LogP contribution in [0.15, 0.2) is 12.2 Å². The second-order valence-corrected chi connectivity index (χ2v) is 2.77. The minimum Gasteiger partial charge on any atom is -0.119 e. The first-order chi connectivity index (χ1) is 4.63. The molecule has 0 aromatic carbocycles.